The summed E-state index contributed by atoms with van der Waals surface area (Å²) >= 11 is 0. The van der Waals surface area contributed by atoms with E-state index in [1.54, 1.807) is 24.3 Å². The van der Waals surface area contributed by atoms with Crippen molar-refractivity contribution in [2.45, 2.75) is 12.5 Å². The molecule has 0 aliphatic rings. The summed E-state index contributed by atoms with van der Waals surface area (Å²) in [4.78, 5) is 23.1. The molecule has 1 rings (SSSR count). The van der Waals surface area contributed by atoms with Gasteiger partial charge in [0.25, 0.3) is 5.91 Å². The second kappa shape index (κ2) is 9.06. The molecule has 0 fully saturated rings. The van der Waals surface area contributed by atoms with Gasteiger partial charge in [0.05, 0.1) is 19.3 Å². The number of rotatable bonds is 8. The highest BCUT2D eigenvalue weighted by molar-refractivity contribution is 5.96. The maximum atomic E-state index is 11.7. The molecule has 0 aliphatic heterocycles. The summed E-state index contributed by atoms with van der Waals surface area (Å²) in [5.74, 6) is -0.584. The van der Waals surface area contributed by atoms with Crippen LogP contribution in [0.3, 0.4) is 0 Å². The van der Waals surface area contributed by atoms with E-state index in [2.05, 4.69) is 10.6 Å². The molecule has 6 heteroatoms. The lowest BCUT2D eigenvalue weighted by atomic mass is 10.2. The van der Waals surface area contributed by atoms with Crippen LogP contribution >= 0.6 is 0 Å². The maximum absolute atomic E-state index is 11.7. The number of ether oxygens (including phenoxy) is 1. The molecule has 3 N–H and O–H groups in total. The minimum Gasteiger partial charge on any atom is -0.391 e. The fourth-order valence-electron chi connectivity index (χ4n) is 1.57. The van der Waals surface area contributed by atoms with Crippen LogP contribution in [-0.2, 0) is 9.53 Å². The van der Waals surface area contributed by atoms with Crippen molar-refractivity contribution in [1.82, 2.24) is 10.6 Å². The van der Waals surface area contributed by atoms with E-state index in [-0.39, 0.29) is 25.0 Å². The van der Waals surface area contributed by atoms with Gasteiger partial charge < -0.3 is 20.5 Å². The molecule has 1 atom stereocenters. The lowest BCUT2D eigenvalue weighted by Gasteiger charge is -2.10. The molecule has 0 saturated heterocycles. The fourth-order valence-corrected chi connectivity index (χ4v) is 1.57. The Bertz CT molecular complexity index is 422. The number of aliphatic hydroxyl groups excluding tert-OH is 1. The van der Waals surface area contributed by atoms with E-state index in [0.29, 0.717) is 18.5 Å². The minimum absolute atomic E-state index is 0.0892. The molecule has 6 nitrogen and oxygen atoms in total. The van der Waals surface area contributed by atoms with Gasteiger partial charge in [0.1, 0.15) is 0 Å². The number of amides is 2. The molecule has 2 amide bonds. The highest BCUT2D eigenvalue weighted by atomic mass is 16.5. The number of carbonyl (C=O) groups excluding carboxylic acids is 2. The first-order valence-corrected chi connectivity index (χ1v) is 6.40. The van der Waals surface area contributed by atoms with Crippen molar-refractivity contribution in [3.05, 3.63) is 35.9 Å². The number of aliphatic hydroxyl groups is 1. The predicted molar refractivity (Wildman–Crippen MR) is 74.3 cm³/mol. The first-order chi connectivity index (χ1) is 9.63. The number of hydrogen-bond donors (Lipinski definition) is 3. The molecule has 0 heterocycles. The average Bonchev–Trinajstić information content (AvgIpc) is 2.46. The molecule has 110 valence electrons. The fraction of sp³-hybridized carbons (Fsp3) is 0.429. The first-order valence-electron chi connectivity index (χ1n) is 6.40. The van der Waals surface area contributed by atoms with E-state index in [9.17, 15) is 14.7 Å². The van der Waals surface area contributed by atoms with Crippen LogP contribution in [0.2, 0.25) is 0 Å². The summed E-state index contributed by atoms with van der Waals surface area (Å²) < 4.78 is 4.77. The molecule has 0 bridgehead atoms. The lowest BCUT2D eigenvalue weighted by molar-refractivity contribution is -0.120. The Morgan fingerprint density at radius 3 is 2.60 bits per heavy atom. The van der Waals surface area contributed by atoms with Gasteiger partial charge in [0, 0.05) is 19.2 Å². The Morgan fingerprint density at radius 2 is 1.95 bits per heavy atom. The van der Waals surface area contributed by atoms with Crippen LogP contribution in [0.4, 0.5) is 0 Å². The molecule has 0 radical (unpaired) electrons. The van der Waals surface area contributed by atoms with Gasteiger partial charge in [-0.2, -0.15) is 0 Å². The largest absolute Gasteiger partial charge is 0.391 e. The summed E-state index contributed by atoms with van der Waals surface area (Å²) in [6, 6.07) is 8.68. The van der Waals surface area contributed by atoms with Crippen molar-refractivity contribution in [3.63, 3.8) is 0 Å². The molecule has 0 aromatic heterocycles. The number of methoxy groups -OCH3 is 1. The van der Waals surface area contributed by atoms with E-state index in [1.165, 1.54) is 7.11 Å². The van der Waals surface area contributed by atoms with Gasteiger partial charge in [0.15, 0.2) is 0 Å². The van der Waals surface area contributed by atoms with Crippen molar-refractivity contribution < 1.29 is 19.4 Å². The van der Waals surface area contributed by atoms with Gasteiger partial charge in [-0.1, -0.05) is 18.2 Å². The molecule has 20 heavy (non-hydrogen) atoms. The number of hydrogen-bond acceptors (Lipinski definition) is 4. The zero-order chi connectivity index (χ0) is 14.8. The third kappa shape index (κ3) is 6.31. The van der Waals surface area contributed by atoms with Crippen LogP contribution < -0.4 is 10.6 Å². The topological polar surface area (TPSA) is 87.7 Å². The molecular formula is C14H20N2O4. The van der Waals surface area contributed by atoms with Crippen molar-refractivity contribution in [3.8, 4) is 0 Å². The van der Waals surface area contributed by atoms with Crippen LogP contribution in [-0.4, -0.2) is 49.8 Å². The Labute approximate surface area is 118 Å². The average molecular weight is 280 g/mol. The van der Waals surface area contributed by atoms with E-state index in [1.807, 2.05) is 6.07 Å². The van der Waals surface area contributed by atoms with Crippen LogP contribution in [0.15, 0.2) is 30.3 Å². The molecular weight excluding hydrogens is 260 g/mol. The summed E-state index contributed by atoms with van der Waals surface area (Å²) in [6.45, 7) is 0.485. The summed E-state index contributed by atoms with van der Waals surface area (Å²) in [7, 11) is 1.50. The van der Waals surface area contributed by atoms with Crippen LogP contribution in [0, 0.1) is 0 Å². The Kier molecular flexibility index (Phi) is 7.31. The first kappa shape index (κ1) is 16.1. The molecule has 0 aliphatic carbocycles. The SMILES string of the molecule is COCC(O)CCNC(=O)CNC(=O)c1ccccc1. The molecule has 1 aromatic carbocycles. The lowest BCUT2D eigenvalue weighted by Crippen LogP contribution is -2.38. The van der Waals surface area contributed by atoms with Crippen LogP contribution in [0.1, 0.15) is 16.8 Å². The van der Waals surface area contributed by atoms with Gasteiger partial charge in [-0.25, -0.2) is 0 Å². The Morgan fingerprint density at radius 1 is 1.25 bits per heavy atom. The van der Waals surface area contributed by atoms with Gasteiger partial charge in [-0.15, -0.1) is 0 Å². The predicted octanol–water partition coefficient (Wildman–Crippen LogP) is -0.0700. The number of benzene rings is 1. The maximum Gasteiger partial charge on any atom is 0.251 e. The number of carbonyl (C=O) groups is 2. The monoisotopic (exact) mass is 280 g/mol. The standard InChI is InChI=1S/C14H20N2O4/c1-20-10-12(17)7-8-15-13(18)9-16-14(19)11-5-3-2-4-6-11/h2-6,12,17H,7-10H2,1H3,(H,15,18)(H,16,19). The van der Waals surface area contributed by atoms with Crippen LogP contribution in [0.5, 0.6) is 0 Å². The van der Waals surface area contributed by atoms with Crippen molar-refractivity contribution in [2.24, 2.45) is 0 Å². The summed E-state index contributed by atoms with van der Waals surface area (Å²) in [5, 5.41) is 14.5. The zero-order valence-corrected chi connectivity index (χ0v) is 11.5. The van der Waals surface area contributed by atoms with E-state index >= 15 is 0 Å². The highest BCUT2D eigenvalue weighted by Gasteiger charge is 2.08. The highest BCUT2D eigenvalue weighted by Crippen LogP contribution is 1.97. The van der Waals surface area contributed by atoms with Crippen molar-refractivity contribution in [2.75, 3.05) is 26.8 Å². The number of nitrogens with one attached hydrogen (secondary N) is 2. The van der Waals surface area contributed by atoms with Gasteiger partial charge in [0.2, 0.25) is 5.91 Å². The third-order valence-electron chi connectivity index (χ3n) is 2.60. The molecule has 0 saturated carbocycles. The van der Waals surface area contributed by atoms with Crippen LogP contribution in [0.25, 0.3) is 0 Å². The van der Waals surface area contributed by atoms with Gasteiger partial charge >= 0.3 is 0 Å². The summed E-state index contributed by atoms with van der Waals surface area (Å²) in [5.41, 5.74) is 0.510. The van der Waals surface area contributed by atoms with E-state index in [0.717, 1.165) is 0 Å². The third-order valence-corrected chi connectivity index (χ3v) is 2.60. The second-order valence-corrected chi connectivity index (χ2v) is 4.30. The second-order valence-electron chi connectivity index (χ2n) is 4.30. The van der Waals surface area contributed by atoms with Crippen molar-refractivity contribution in [1.29, 1.82) is 0 Å². The quantitative estimate of drug-likeness (QED) is 0.622. The smallest absolute Gasteiger partial charge is 0.251 e. The zero-order valence-electron chi connectivity index (χ0n) is 11.5. The summed E-state index contributed by atoms with van der Waals surface area (Å²) in [6.07, 6.45) is -0.189. The normalized spacial score (nSPS) is 11.7. The molecule has 0 spiro atoms. The van der Waals surface area contributed by atoms with E-state index in [4.69, 9.17) is 4.74 Å². The van der Waals surface area contributed by atoms with Gasteiger partial charge in [-0.3, -0.25) is 9.59 Å². The minimum atomic E-state index is -0.598. The Balaban J connectivity index is 2.18. The molecule has 1 aromatic rings. The van der Waals surface area contributed by atoms with E-state index < -0.39 is 6.10 Å². The Hall–Kier alpha value is -1.92. The van der Waals surface area contributed by atoms with Gasteiger partial charge in [-0.05, 0) is 18.6 Å². The van der Waals surface area contributed by atoms with Crippen molar-refractivity contribution >= 4 is 11.8 Å². The molecule has 1 unspecified atom stereocenters.